The van der Waals surface area contributed by atoms with Crippen molar-refractivity contribution in [3.05, 3.63) is 29.3 Å². The predicted octanol–water partition coefficient (Wildman–Crippen LogP) is 2.44. The van der Waals surface area contributed by atoms with E-state index in [4.69, 9.17) is 17.3 Å². The fraction of sp³-hybridized carbons (Fsp3) is 0.400. The van der Waals surface area contributed by atoms with Gasteiger partial charge in [-0.25, -0.2) is 0 Å². The minimum atomic E-state index is 0. The number of hydrogen-bond donors (Lipinski definition) is 2. The van der Waals surface area contributed by atoms with E-state index in [0.29, 0.717) is 18.1 Å². The number of aromatic hydroxyl groups is 1. The summed E-state index contributed by atoms with van der Waals surface area (Å²) in [6, 6.07) is 5.42. The number of benzene rings is 1. The van der Waals surface area contributed by atoms with Gasteiger partial charge in [-0.15, -0.1) is 24.0 Å². The maximum atomic E-state index is 9.48. The molecule has 0 amide bonds. The van der Waals surface area contributed by atoms with Crippen molar-refractivity contribution < 1.29 is 5.11 Å². The first kappa shape index (κ1) is 13.6. The third-order valence-corrected chi connectivity index (χ3v) is 2.15. The molecule has 14 heavy (non-hydrogen) atoms. The van der Waals surface area contributed by atoms with Crippen LogP contribution in [0.15, 0.2) is 18.2 Å². The Morgan fingerprint density at radius 3 is 2.64 bits per heavy atom. The molecule has 0 spiro atoms. The first-order chi connectivity index (χ1) is 6.13. The Hall–Kier alpha value is -0.440. The van der Waals surface area contributed by atoms with Gasteiger partial charge in [-0.05, 0) is 30.5 Å². The summed E-state index contributed by atoms with van der Waals surface area (Å²) in [5.41, 5.74) is 7.52. The maximum absolute atomic E-state index is 9.48. The van der Waals surface area contributed by atoms with Gasteiger partial charge in [0.25, 0.3) is 0 Å². The lowest BCUT2D eigenvalue weighted by Gasteiger charge is -2.08. The van der Waals surface area contributed by atoms with E-state index in [-0.39, 0.29) is 18.4 Å². The number of nitrogens with two attached hydrogens (primary N) is 1. The zero-order valence-electron chi connectivity index (χ0n) is 8.03. The summed E-state index contributed by atoms with van der Waals surface area (Å²) in [6.07, 6.45) is 0.677. The van der Waals surface area contributed by atoms with Crippen LogP contribution < -0.4 is 5.73 Å². The van der Waals surface area contributed by atoms with Crippen molar-refractivity contribution in [3.63, 3.8) is 0 Å². The Bertz CT molecular complexity index is 289. The minimum absolute atomic E-state index is 0. The average Bonchev–Trinajstić information content (AvgIpc) is 2.08. The molecule has 0 aliphatic carbocycles. The zero-order chi connectivity index (χ0) is 9.84. The summed E-state index contributed by atoms with van der Waals surface area (Å²) >= 11 is 5.67. The predicted molar refractivity (Wildman–Crippen MR) is 62.3 cm³/mol. The van der Waals surface area contributed by atoms with Gasteiger partial charge in [-0.1, -0.05) is 12.1 Å². The summed E-state index contributed by atoms with van der Waals surface area (Å²) in [4.78, 5) is 0. The number of phenolic OH excluding ortho intramolecular Hbond substituents is 1. The fourth-order valence-corrected chi connectivity index (χ4v) is 1.40. The van der Waals surface area contributed by atoms with E-state index in [1.807, 2.05) is 19.1 Å². The lowest BCUT2D eigenvalue weighted by molar-refractivity contribution is 0.465. The molecule has 3 N–H and O–H groups in total. The molecule has 1 rings (SSSR count). The van der Waals surface area contributed by atoms with Gasteiger partial charge in [0.15, 0.2) is 0 Å². The van der Waals surface area contributed by atoms with E-state index in [2.05, 4.69) is 0 Å². The second-order valence-corrected chi connectivity index (χ2v) is 3.55. The second kappa shape index (κ2) is 6.12. The SMILES string of the molecule is CC(N)Cc1cc(CCl)ccc1O.Cl. The molecule has 2 nitrogen and oxygen atoms in total. The van der Waals surface area contributed by atoms with Crippen LogP contribution in [-0.2, 0) is 12.3 Å². The third kappa shape index (κ3) is 3.74. The largest absolute Gasteiger partial charge is 0.508 e. The highest BCUT2D eigenvalue weighted by Crippen LogP contribution is 2.20. The van der Waals surface area contributed by atoms with Crippen LogP contribution in [0.5, 0.6) is 5.75 Å². The van der Waals surface area contributed by atoms with Crippen LogP contribution in [0.2, 0.25) is 0 Å². The third-order valence-electron chi connectivity index (χ3n) is 1.84. The van der Waals surface area contributed by atoms with E-state index >= 15 is 0 Å². The van der Waals surface area contributed by atoms with Crippen molar-refractivity contribution in [2.45, 2.75) is 25.3 Å². The second-order valence-electron chi connectivity index (χ2n) is 3.28. The molecule has 1 atom stereocenters. The van der Waals surface area contributed by atoms with Gasteiger partial charge >= 0.3 is 0 Å². The molecule has 1 aromatic carbocycles. The molecule has 0 aliphatic heterocycles. The van der Waals surface area contributed by atoms with Crippen LogP contribution >= 0.6 is 24.0 Å². The topological polar surface area (TPSA) is 46.2 Å². The highest BCUT2D eigenvalue weighted by molar-refractivity contribution is 6.17. The highest BCUT2D eigenvalue weighted by Gasteiger charge is 2.04. The van der Waals surface area contributed by atoms with Gasteiger partial charge < -0.3 is 10.8 Å². The molecular weight excluding hydrogens is 221 g/mol. The van der Waals surface area contributed by atoms with E-state index in [9.17, 15) is 5.11 Å². The summed E-state index contributed by atoms with van der Waals surface area (Å²) < 4.78 is 0. The molecule has 1 unspecified atom stereocenters. The van der Waals surface area contributed by atoms with Crippen LogP contribution in [0.25, 0.3) is 0 Å². The van der Waals surface area contributed by atoms with E-state index in [1.165, 1.54) is 0 Å². The highest BCUT2D eigenvalue weighted by atomic mass is 35.5. The molecule has 0 saturated heterocycles. The molecule has 0 saturated carbocycles. The van der Waals surface area contributed by atoms with E-state index in [0.717, 1.165) is 11.1 Å². The van der Waals surface area contributed by atoms with Gasteiger partial charge in [0.1, 0.15) is 5.75 Å². The molecule has 4 heteroatoms. The standard InChI is InChI=1S/C10H14ClNO.ClH/c1-7(12)4-9-5-8(6-11)2-3-10(9)13;/h2-3,5,7,13H,4,6,12H2,1H3;1H. The summed E-state index contributed by atoms with van der Waals surface area (Å²) in [6.45, 7) is 1.91. The van der Waals surface area contributed by atoms with Gasteiger partial charge in [0.2, 0.25) is 0 Å². The first-order valence-corrected chi connectivity index (χ1v) is 4.79. The lowest BCUT2D eigenvalue weighted by atomic mass is 10.0. The van der Waals surface area contributed by atoms with Crippen molar-refractivity contribution in [3.8, 4) is 5.75 Å². The Kier molecular flexibility index (Phi) is 5.93. The molecule has 0 radical (unpaired) electrons. The van der Waals surface area contributed by atoms with Gasteiger partial charge in [0.05, 0.1) is 0 Å². The molecule has 0 bridgehead atoms. The fourth-order valence-electron chi connectivity index (χ4n) is 1.23. The quantitative estimate of drug-likeness (QED) is 0.792. The average molecular weight is 236 g/mol. The monoisotopic (exact) mass is 235 g/mol. The molecule has 0 fully saturated rings. The number of hydrogen-bond acceptors (Lipinski definition) is 2. The molecule has 1 aromatic rings. The Labute approximate surface area is 95.5 Å². The normalized spacial score (nSPS) is 11.9. The Balaban J connectivity index is 0.00000169. The summed E-state index contributed by atoms with van der Waals surface area (Å²) in [5.74, 6) is 0.762. The van der Waals surface area contributed by atoms with Gasteiger partial charge in [-0.3, -0.25) is 0 Å². The molecule has 0 heterocycles. The van der Waals surface area contributed by atoms with Crippen molar-refractivity contribution in [1.29, 1.82) is 0 Å². The number of phenols is 1. The van der Waals surface area contributed by atoms with Crippen molar-refractivity contribution in [2.75, 3.05) is 0 Å². The van der Waals surface area contributed by atoms with Gasteiger partial charge in [0, 0.05) is 11.9 Å². The van der Waals surface area contributed by atoms with Crippen molar-refractivity contribution in [1.82, 2.24) is 0 Å². The van der Waals surface area contributed by atoms with Crippen LogP contribution in [-0.4, -0.2) is 11.1 Å². The number of rotatable bonds is 3. The smallest absolute Gasteiger partial charge is 0.118 e. The maximum Gasteiger partial charge on any atom is 0.118 e. The Morgan fingerprint density at radius 2 is 2.14 bits per heavy atom. The van der Waals surface area contributed by atoms with E-state index < -0.39 is 0 Å². The van der Waals surface area contributed by atoms with Crippen LogP contribution in [0.1, 0.15) is 18.1 Å². The van der Waals surface area contributed by atoms with Crippen molar-refractivity contribution in [2.24, 2.45) is 5.73 Å². The number of alkyl halides is 1. The molecule has 0 aromatic heterocycles. The first-order valence-electron chi connectivity index (χ1n) is 4.25. The van der Waals surface area contributed by atoms with Gasteiger partial charge in [-0.2, -0.15) is 0 Å². The Morgan fingerprint density at radius 1 is 1.50 bits per heavy atom. The molecule has 80 valence electrons. The van der Waals surface area contributed by atoms with Crippen LogP contribution in [0, 0.1) is 0 Å². The van der Waals surface area contributed by atoms with Crippen LogP contribution in [0.4, 0.5) is 0 Å². The zero-order valence-corrected chi connectivity index (χ0v) is 9.61. The van der Waals surface area contributed by atoms with Crippen molar-refractivity contribution >= 4 is 24.0 Å². The lowest BCUT2D eigenvalue weighted by Crippen LogP contribution is -2.17. The molecule has 0 aliphatic rings. The summed E-state index contributed by atoms with van der Waals surface area (Å²) in [7, 11) is 0. The van der Waals surface area contributed by atoms with E-state index in [1.54, 1.807) is 6.07 Å². The van der Waals surface area contributed by atoms with Crippen LogP contribution in [0.3, 0.4) is 0 Å². The summed E-state index contributed by atoms with van der Waals surface area (Å²) in [5, 5.41) is 9.48. The molecular formula is C10H15Cl2NO. The minimum Gasteiger partial charge on any atom is -0.508 e. The number of halogens is 2.